The van der Waals surface area contributed by atoms with Gasteiger partial charge in [-0.2, -0.15) is 0 Å². The maximum Gasteiger partial charge on any atom is 0.323 e. The molecule has 0 amide bonds. The normalized spacial score (nSPS) is 47.9. The molecular weight excluding hydrogens is 462 g/mol. The zero-order chi connectivity index (χ0) is 26.9. The second-order valence-electron chi connectivity index (χ2n) is 13.0. The lowest BCUT2D eigenvalue weighted by Gasteiger charge is -2.71. The first-order valence-corrected chi connectivity index (χ1v) is 13.5. The third-order valence-corrected chi connectivity index (χ3v) is 10.3. The lowest BCUT2D eigenvalue weighted by Crippen LogP contribution is -2.86. The smallest absolute Gasteiger partial charge is 0.323 e. The number of aliphatic hydroxyl groups is 3. The molecule has 9 atom stereocenters. The van der Waals surface area contributed by atoms with Gasteiger partial charge in [0.25, 0.3) is 0 Å². The SMILES string of the molecule is C=C[C@@]1(C)CC(=O)[C@]2(O)C3(C)C(C(OC(=O)C(C)N4CCCCC4)C(O)[C@@]2(C)O1)C(C)(C)CC[C@@H]3O. The summed E-state index contributed by atoms with van der Waals surface area (Å²) in [7, 11) is 0. The molecular formula is C28H45NO7. The number of hydrogen-bond donors (Lipinski definition) is 3. The molecule has 0 spiro atoms. The monoisotopic (exact) mass is 507 g/mol. The highest BCUT2D eigenvalue weighted by atomic mass is 16.6. The van der Waals surface area contributed by atoms with Crippen molar-refractivity contribution in [3.05, 3.63) is 12.7 Å². The first kappa shape index (κ1) is 27.7. The number of ether oxygens (including phenoxy) is 2. The van der Waals surface area contributed by atoms with Gasteiger partial charge in [0, 0.05) is 17.8 Å². The number of hydrogen-bond acceptors (Lipinski definition) is 8. The molecule has 204 valence electrons. The summed E-state index contributed by atoms with van der Waals surface area (Å²) < 4.78 is 12.5. The van der Waals surface area contributed by atoms with Crippen LogP contribution in [-0.2, 0) is 19.1 Å². The van der Waals surface area contributed by atoms with Gasteiger partial charge in [-0.15, -0.1) is 6.58 Å². The van der Waals surface area contributed by atoms with Crippen LogP contribution in [0.1, 0.15) is 80.1 Å². The fourth-order valence-corrected chi connectivity index (χ4v) is 8.09. The van der Waals surface area contributed by atoms with E-state index in [4.69, 9.17) is 9.47 Å². The first-order valence-electron chi connectivity index (χ1n) is 13.5. The minimum Gasteiger partial charge on any atom is -0.458 e. The van der Waals surface area contributed by atoms with Crippen LogP contribution in [-0.4, -0.2) is 86.2 Å². The van der Waals surface area contributed by atoms with Crippen molar-refractivity contribution in [2.24, 2.45) is 16.7 Å². The van der Waals surface area contributed by atoms with E-state index >= 15 is 0 Å². The molecule has 2 saturated heterocycles. The summed E-state index contributed by atoms with van der Waals surface area (Å²) in [4.78, 5) is 29.4. The molecule has 8 nitrogen and oxygen atoms in total. The molecule has 8 heteroatoms. The van der Waals surface area contributed by atoms with Gasteiger partial charge in [0.2, 0.25) is 0 Å². The van der Waals surface area contributed by atoms with Crippen LogP contribution in [0.25, 0.3) is 0 Å². The number of esters is 1. The first-order chi connectivity index (χ1) is 16.6. The summed E-state index contributed by atoms with van der Waals surface area (Å²) in [6.45, 7) is 16.1. The molecule has 0 aromatic heterocycles. The van der Waals surface area contributed by atoms with E-state index in [1.807, 2.05) is 20.8 Å². The van der Waals surface area contributed by atoms with Crippen molar-refractivity contribution in [2.75, 3.05) is 13.1 Å². The Kier molecular flexibility index (Phi) is 6.83. The molecule has 0 bridgehead atoms. The molecule has 2 heterocycles. The van der Waals surface area contributed by atoms with E-state index in [2.05, 4.69) is 11.5 Å². The Labute approximate surface area is 215 Å². The van der Waals surface area contributed by atoms with E-state index < -0.39 is 69.7 Å². The third-order valence-electron chi connectivity index (χ3n) is 10.3. The van der Waals surface area contributed by atoms with Crippen LogP contribution in [0.15, 0.2) is 12.7 Å². The highest BCUT2D eigenvalue weighted by Crippen LogP contribution is 2.67. The molecule has 2 saturated carbocycles. The second-order valence-corrected chi connectivity index (χ2v) is 13.0. The van der Waals surface area contributed by atoms with Crippen LogP contribution in [0.2, 0.25) is 0 Å². The van der Waals surface area contributed by atoms with Crippen molar-refractivity contribution in [2.45, 2.75) is 121 Å². The van der Waals surface area contributed by atoms with Gasteiger partial charge in [0.05, 0.1) is 11.7 Å². The van der Waals surface area contributed by atoms with Crippen LogP contribution in [0, 0.1) is 16.7 Å². The summed E-state index contributed by atoms with van der Waals surface area (Å²) in [5.41, 5.74) is -7.16. The summed E-state index contributed by atoms with van der Waals surface area (Å²) in [6.07, 6.45) is 1.82. The maximum absolute atomic E-state index is 13.8. The Morgan fingerprint density at radius 2 is 1.78 bits per heavy atom. The molecule has 0 aromatic carbocycles. The van der Waals surface area contributed by atoms with E-state index in [9.17, 15) is 24.9 Å². The van der Waals surface area contributed by atoms with Crippen molar-refractivity contribution in [1.29, 1.82) is 0 Å². The van der Waals surface area contributed by atoms with Crippen molar-refractivity contribution < 1.29 is 34.4 Å². The largest absolute Gasteiger partial charge is 0.458 e. The van der Waals surface area contributed by atoms with Gasteiger partial charge >= 0.3 is 5.97 Å². The number of Topliss-reactive ketones (excluding diaryl/α,β-unsaturated/α-hetero) is 1. The number of carbonyl (C=O) groups is 2. The fraction of sp³-hybridized carbons (Fsp3) is 0.857. The predicted molar refractivity (Wildman–Crippen MR) is 134 cm³/mol. The average Bonchev–Trinajstić information content (AvgIpc) is 2.83. The minimum absolute atomic E-state index is 0.138. The number of fused-ring (bicyclic) bond motifs is 3. The zero-order valence-electron chi connectivity index (χ0n) is 22.7. The van der Waals surface area contributed by atoms with Gasteiger partial charge in [-0.05, 0) is 65.0 Å². The number of piperidine rings is 1. The molecule has 2 aliphatic heterocycles. The third kappa shape index (κ3) is 3.66. The van der Waals surface area contributed by atoms with Crippen LogP contribution in [0.4, 0.5) is 0 Å². The Morgan fingerprint density at radius 3 is 2.36 bits per heavy atom. The standard InChI is InChI=1S/C28H45NO7/c1-8-25(5)16-19(31)28(34)26(6)18(30)12-13-24(3,4)21(26)20(22(32)27(28,7)36-25)35-23(33)17(2)29-14-10-9-11-15-29/h8,17-18,20-22,30,32,34H,1,9-16H2,2-7H3/t17?,18-,20?,21?,22?,25-,26?,27+,28-/m0/s1. The molecule has 4 fully saturated rings. The minimum atomic E-state index is -2.20. The number of rotatable bonds is 4. The number of carbonyl (C=O) groups excluding carboxylic acids is 2. The Hall–Kier alpha value is -1.32. The van der Waals surface area contributed by atoms with Crippen LogP contribution in [0.3, 0.4) is 0 Å². The van der Waals surface area contributed by atoms with E-state index in [-0.39, 0.29) is 6.42 Å². The molecule has 0 aromatic rings. The van der Waals surface area contributed by atoms with Crippen molar-refractivity contribution in [1.82, 2.24) is 4.90 Å². The van der Waals surface area contributed by atoms with E-state index in [0.717, 1.165) is 32.4 Å². The Morgan fingerprint density at radius 1 is 1.17 bits per heavy atom. The average molecular weight is 508 g/mol. The van der Waals surface area contributed by atoms with Crippen LogP contribution in [0.5, 0.6) is 0 Å². The van der Waals surface area contributed by atoms with E-state index in [1.165, 1.54) is 13.0 Å². The van der Waals surface area contributed by atoms with Gasteiger partial charge in [0.1, 0.15) is 23.9 Å². The maximum atomic E-state index is 13.8. The molecule has 5 unspecified atom stereocenters. The lowest BCUT2D eigenvalue weighted by molar-refractivity contribution is -0.370. The Bertz CT molecular complexity index is 916. The molecule has 4 aliphatic rings. The Balaban J connectivity index is 1.82. The van der Waals surface area contributed by atoms with Crippen molar-refractivity contribution in [3.63, 3.8) is 0 Å². The summed E-state index contributed by atoms with van der Waals surface area (Å²) in [5.74, 6) is -1.66. The fourth-order valence-electron chi connectivity index (χ4n) is 8.09. The second kappa shape index (κ2) is 8.87. The molecule has 2 aliphatic carbocycles. The molecule has 4 rings (SSSR count). The van der Waals surface area contributed by atoms with E-state index in [0.29, 0.717) is 12.8 Å². The topological polar surface area (TPSA) is 117 Å². The van der Waals surface area contributed by atoms with Gasteiger partial charge in [0.15, 0.2) is 11.4 Å². The van der Waals surface area contributed by atoms with E-state index in [1.54, 1.807) is 13.8 Å². The van der Waals surface area contributed by atoms with Gasteiger partial charge < -0.3 is 24.8 Å². The number of aliphatic hydroxyl groups excluding tert-OH is 2. The highest BCUT2D eigenvalue weighted by Gasteiger charge is 2.81. The van der Waals surface area contributed by atoms with Crippen LogP contribution >= 0.6 is 0 Å². The number of likely N-dealkylation sites (tertiary alicyclic amines) is 1. The van der Waals surface area contributed by atoms with Crippen LogP contribution < -0.4 is 0 Å². The summed E-state index contributed by atoms with van der Waals surface area (Å²) in [6, 6.07) is -0.499. The quantitative estimate of drug-likeness (QED) is 0.392. The van der Waals surface area contributed by atoms with Crippen molar-refractivity contribution in [3.8, 4) is 0 Å². The lowest BCUT2D eigenvalue weighted by atomic mass is 9.40. The predicted octanol–water partition coefficient (Wildman–Crippen LogP) is 2.37. The van der Waals surface area contributed by atoms with Gasteiger partial charge in [-0.3, -0.25) is 14.5 Å². The highest BCUT2D eigenvalue weighted by molar-refractivity contribution is 5.92. The number of ketones is 1. The molecule has 3 N–H and O–H groups in total. The molecule has 36 heavy (non-hydrogen) atoms. The summed E-state index contributed by atoms with van der Waals surface area (Å²) >= 11 is 0. The van der Waals surface area contributed by atoms with Gasteiger partial charge in [-0.1, -0.05) is 33.3 Å². The molecule has 0 radical (unpaired) electrons. The van der Waals surface area contributed by atoms with Gasteiger partial charge in [-0.25, -0.2) is 0 Å². The summed E-state index contributed by atoms with van der Waals surface area (Å²) in [5, 5.41) is 35.7. The zero-order valence-corrected chi connectivity index (χ0v) is 22.7. The number of nitrogens with zero attached hydrogens (tertiary/aromatic N) is 1. The van der Waals surface area contributed by atoms with Crippen molar-refractivity contribution >= 4 is 11.8 Å².